The van der Waals surface area contributed by atoms with Crippen LogP contribution in [-0.2, 0) is 14.4 Å². The summed E-state index contributed by atoms with van der Waals surface area (Å²) >= 11 is 7.51. The molecule has 2 fully saturated rings. The summed E-state index contributed by atoms with van der Waals surface area (Å²) in [5.41, 5.74) is 1.46. The van der Waals surface area contributed by atoms with Crippen molar-refractivity contribution in [2.45, 2.75) is 12.7 Å². The second-order valence-corrected chi connectivity index (χ2v) is 7.78. The summed E-state index contributed by atoms with van der Waals surface area (Å²) < 4.78 is 5.35. The van der Waals surface area contributed by atoms with Crippen LogP contribution in [0.15, 0.2) is 29.6 Å². The lowest BCUT2D eigenvalue weighted by Crippen LogP contribution is -2.51. The molecule has 0 spiro atoms. The number of hydroxylamine groups is 1. The molecule has 2 unspecified atom stereocenters. The molecule has 144 valence electrons. The zero-order valence-corrected chi connectivity index (χ0v) is 16.2. The van der Waals surface area contributed by atoms with E-state index in [1.807, 2.05) is 23.6 Å². The first kappa shape index (κ1) is 18.8. The highest BCUT2D eigenvalue weighted by atomic mass is 35.5. The van der Waals surface area contributed by atoms with Gasteiger partial charge >= 0.3 is 0 Å². The molecular weight excluding hydrogens is 390 g/mol. The van der Waals surface area contributed by atoms with E-state index in [2.05, 4.69) is 9.88 Å². The van der Waals surface area contributed by atoms with Crippen LogP contribution in [0.4, 0.5) is 5.13 Å². The van der Waals surface area contributed by atoms with E-state index in [4.69, 9.17) is 21.2 Å². The molecule has 0 bridgehead atoms. The number of aromatic nitrogens is 1. The molecule has 2 atom stereocenters. The maximum absolute atomic E-state index is 12.9. The minimum Gasteiger partial charge on any atom is -0.379 e. The van der Waals surface area contributed by atoms with Crippen LogP contribution in [0.2, 0.25) is 5.02 Å². The molecule has 2 aliphatic rings. The zero-order valence-electron chi connectivity index (χ0n) is 14.6. The van der Waals surface area contributed by atoms with E-state index in [0.29, 0.717) is 35.6 Å². The van der Waals surface area contributed by atoms with Gasteiger partial charge in [0.15, 0.2) is 6.29 Å². The van der Waals surface area contributed by atoms with Crippen molar-refractivity contribution in [1.29, 1.82) is 0 Å². The molecule has 0 saturated carbocycles. The highest BCUT2D eigenvalue weighted by Gasteiger charge is 2.38. The van der Waals surface area contributed by atoms with Crippen molar-refractivity contribution in [3.05, 3.63) is 34.7 Å². The zero-order chi connectivity index (χ0) is 18.8. The minimum absolute atomic E-state index is 0.188. The second kappa shape index (κ2) is 8.22. The van der Waals surface area contributed by atoms with Gasteiger partial charge in [-0.1, -0.05) is 29.8 Å². The fraction of sp³-hybridized carbons (Fsp3) is 0.444. The average molecular weight is 410 g/mol. The number of rotatable bonds is 4. The molecule has 1 amide bonds. The van der Waals surface area contributed by atoms with Crippen LogP contribution in [0.25, 0.3) is 11.3 Å². The van der Waals surface area contributed by atoms with Gasteiger partial charge < -0.3 is 9.84 Å². The Morgan fingerprint density at radius 3 is 2.85 bits per heavy atom. The Bertz CT molecular complexity index is 811. The number of morpholine rings is 1. The Hall–Kier alpha value is -1.55. The van der Waals surface area contributed by atoms with Crippen LogP contribution in [-0.4, -0.2) is 60.0 Å². The van der Waals surface area contributed by atoms with Crippen LogP contribution in [0.1, 0.15) is 6.42 Å². The average Bonchev–Trinajstić information content (AvgIpc) is 3.15. The van der Waals surface area contributed by atoms with E-state index in [1.165, 1.54) is 11.3 Å². The standard InChI is InChI=1S/C18H20ClN3O4S/c19-14-4-2-1-3-13(14)15-11-27-18(20-15)22-17(24)12(9-16(23)26-22)10-21-5-7-25-8-6-21/h1-4,11-12,16,23H,5-10H2. The molecule has 9 heteroatoms. The summed E-state index contributed by atoms with van der Waals surface area (Å²) in [4.78, 5) is 25.0. The number of ether oxygens (including phenoxy) is 1. The number of carbonyl (C=O) groups excluding carboxylic acids is 1. The highest BCUT2D eigenvalue weighted by Crippen LogP contribution is 2.34. The molecule has 0 radical (unpaired) electrons. The second-order valence-electron chi connectivity index (χ2n) is 6.53. The summed E-state index contributed by atoms with van der Waals surface area (Å²) in [6, 6.07) is 7.39. The molecule has 1 N–H and O–H groups in total. The third kappa shape index (κ3) is 4.16. The van der Waals surface area contributed by atoms with Gasteiger partial charge in [-0.3, -0.25) is 9.69 Å². The molecule has 7 nitrogen and oxygen atoms in total. The molecule has 2 aliphatic heterocycles. The molecule has 2 saturated heterocycles. The SMILES string of the molecule is O=C1C(CN2CCOCC2)CC(O)ON1c1nc(-c2ccccc2Cl)cs1. The number of aliphatic hydroxyl groups excluding tert-OH is 1. The number of anilines is 1. The van der Waals surface area contributed by atoms with Gasteiger partial charge in [0.05, 0.1) is 24.8 Å². The van der Waals surface area contributed by atoms with Crippen molar-refractivity contribution in [2.75, 3.05) is 37.9 Å². The first-order valence-electron chi connectivity index (χ1n) is 8.81. The summed E-state index contributed by atoms with van der Waals surface area (Å²) in [5, 5.41) is 14.1. The van der Waals surface area contributed by atoms with Crippen LogP contribution in [0, 0.1) is 5.92 Å². The van der Waals surface area contributed by atoms with Gasteiger partial charge in [0.1, 0.15) is 0 Å². The maximum atomic E-state index is 12.9. The number of halogens is 1. The number of hydrogen-bond donors (Lipinski definition) is 1. The topological polar surface area (TPSA) is 75.1 Å². The van der Waals surface area contributed by atoms with E-state index in [0.717, 1.165) is 23.7 Å². The number of aliphatic hydroxyl groups is 1. The Balaban J connectivity index is 1.52. The lowest BCUT2D eigenvalue weighted by atomic mass is 10.0. The first-order valence-corrected chi connectivity index (χ1v) is 10.1. The first-order chi connectivity index (χ1) is 13.1. The van der Waals surface area contributed by atoms with E-state index in [9.17, 15) is 9.90 Å². The highest BCUT2D eigenvalue weighted by molar-refractivity contribution is 7.14. The summed E-state index contributed by atoms with van der Waals surface area (Å²) in [6.45, 7) is 3.47. The van der Waals surface area contributed by atoms with Crippen LogP contribution >= 0.6 is 22.9 Å². The predicted molar refractivity (Wildman–Crippen MR) is 103 cm³/mol. The van der Waals surface area contributed by atoms with E-state index in [1.54, 1.807) is 6.07 Å². The molecule has 4 rings (SSSR count). The lowest BCUT2D eigenvalue weighted by molar-refractivity contribution is -0.173. The smallest absolute Gasteiger partial charge is 0.257 e. The summed E-state index contributed by atoms with van der Waals surface area (Å²) in [5.74, 6) is -0.536. The van der Waals surface area contributed by atoms with Crippen molar-refractivity contribution in [3.8, 4) is 11.3 Å². The van der Waals surface area contributed by atoms with E-state index >= 15 is 0 Å². The molecule has 0 aliphatic carbocycles. The fourth-order valence-corrected chi connectivity index (χ4v) is 4.27. The number of nitrogens with zero attached hydrogens (tertiary/aromatic N) is 3. The third-order valence-electron chi connectivity index (χ3n) is 4.66. The molecule has 3 heterocycles. The van der Waals surface area contributed by atoms with Gasteiger partial charge in [0.2, 0.25) is 5.13 Å². The minimum atomic E-state index is -1.04. The van der Waals surface area contributed by atoms with Crippen molar-refractivity contribution in [2.24, 2.45) is 5.92 Å². The van der Waals surface area contributed by atoms with Gasteiger partial charge in [0.25, 0.3) is 5.91 Å². The normalized spacial score (nSPS) is 24.4. The summed E-state index contributed by atoms with van der Waals surface area (Å²) in [7, 11) is 0. The van der Waals surface area contributed by atoms with Gasteiger partial charge in [0, 0.05) is 42.0 Å². The van der Waals surface area contributed by atoms with E-state index < -0.39 is 6.29 Å². The number of amides is 1. The maximum Gasteiger partial charge on any atom is 0.257 e. The quantitative estimate of drug-likeness (QED) is 0.835. The van der Waals surface area contributed by atoms with Crippen molar-refractivity contribution < 1.29 is 19.5 Å². The van der Waals surface area contributed by atoms with Gasteiger partial charge in [-0.15, -0.1) is 11.3 Å². The Morgan fingerprint density at radius 1 is 1.30 bits per heavy atom. The van der Waals surface area contributed by atoms with Gasteiger partial charge in [-0.2, -0.15) is 5.06 Å². The number of thiazole rings is 1. The third-order valence-corrected chi connectivity index (χ3v) is 5.80. The monoisotopic (exact) mass is 409 g/mol. The number of carbonyl (C=O) groups is 1. The Kier molecular flexibility index (Phi) is 5.72. The largest absolute Gasteiger partial charge is 0.379 e. The summed E-state index contributed by atoms with van der Waals surface area (Å²) in [6.07, 6.45) is -0.767. The molecular formula is C18H20ClN3O4S. The van der Waals surface area contributed by atoms with E-state index in [-0.39, 0.29) is 18.2 Å². The number of hydrogen-bond acceptors (Lipinski definition) is 7. The van der Waals surface area contributed by atoms with Gasteiger partial charge in [-0.05, 0) is 6.07 Å². The molecule has 1 aromatic heterocycles. The molecule has 27 heavy (non-hydrogen) atoms. The molecule has 1 aromatic carbocycles. The number of benzene rings is 1. The van der Waals surface area contributed by atoms with Crippen molar-refractivity contribution in [3.63, 3.8) is 0 Å². The van der Waals surface area contributed by atoms with Crippen molar-refractivity contribution in [1.82, 2.24) is 9.88 Å². The fourth-order valence-electron chi connectivity index (χ4n) is 3.26. The predicted octanol–water partition coefficient (Wildman–Crippen LogP) is 2.40. The Labute approximate surface area is 166 Å². The van der Waals surface area contributed by atoms with Crippen LogP contribution in [0.5, 0.6) is 0 Å². The molecule has 2 aromatic rings. The van der Waals surface area contributed by atoms with Crippen molar-refractivity contribution >= 4 is 34.0 Å². The Morgan fingerprint density at radius 2 is 2.07 bits per heavy atom. The van der Waals surface area contributed by atoms with Gasteiger partial charge in [-0.25, -0.2) is 9.82 Å². The lowest BCUT2D eigenvalue weighted by Gasteiger charge is -2.36. The van der Waals surface area contributed by atoms with Crippen LogP contribution < -0.4 is 5.06 Å². The van der Waals surface area contributed by atoms with Crippen LogP contribution in [0.3, 0.4) is 0 Å².